The second-order valence-electron chi connectivity index (χ2n) is 6.03. The summed E-state index contributed by atoms with van der Waals surface area (Å²) in [7, 11) is 1.52. The molecule has 0 radical (unpaired) electrons. The average molecular weight is 386 g/mol. The number of carbonyl (C=O) groups is 2. The standard InChI is InChI=1S/C20H22N2O6/c1-3-10-21-20(24)12-14-4-9-19(17(11-14)22(25)26)28-13-18(23)15-5-7-16(27-2)8-6-15/h4-9,11H,3,10,12-13H2,1-2H3,(H,21,24). The van der Waals surface area contributed by atoms with Crippen LogP contribution in [0, 0.1) is 10.1 Å². The van der Waals surface area contributed by atoms with Gasteiger partial charge in [-0.15, -0.1) is 0 Å². The van der Waals surface area contributed by atoms with Crippen molar-refractivity contribution in [3.8, 4) is 11.5 Å². The number of hydrogen-bond acceptors (Lipinski definition) is 6. The first-order valence-corrected chi connectivity index (χ1v) is 8.78. The molecule has 8 nitrogen and oxygen atoms in total. The first-order valence-electron chi connectivity index (χ1n) is 8.78. The van der Waals surface area contributed by atoms with Crippen LogP contribution in [-0.2, 0) is 11.2 Å². The lowest BCUT2D eigenvalue weighted by Crippen LogP contribution is -2.25. The average Bonchev–Trinajstić information content (AvgIpc) is 2.70. The summed E-state index contributed by atoms with van der Waals surface area (Å²) in [6.45, 7) is 2.14. The highest BCUT2D eigenvalue weighted by Gasteiger charge is 2.18. The highest BCUT2D eigenvalue weighted by molar-refractivity contribution is 5.97. The van der Waals surface area contributed by atoms with Crippen molar-refractivity contribution in [2.45, 2.75) is 19.8 Å². The molecule has 0 aliphatic carbocycles. The van der Waals surface area contributed by atoms with E-state index in [1.165, 1.54) is 19.2 Å². The fourth-order valence-corrected chi connectivity index (χ4v) is 2.45. The van der Waals surface area contributed by atoms with E-state index in [1.807, 2.05) is 6.92 Å². The number of nitrogens with zero attached hydrogens (tertiary/aromatic N) is 1. The number of Topliss-reactive ketones (excluding diaryl/α,β-unsaturated/α-hetero) is 1. The highest BCUT2D eigenvalue weighted by atomic mass is 16.6. The molecule has 0 aliphatic rings. The van der Waals surface area contributed by atoms with E-state index in [2.05, 4.69) is 5.32 Å². The Bertz CT molecular complexity index is 848. The number of methoxy groups -OCH3 is 1. The van der Waals surface area contributed by atoms with Crippen LogP contribution in [0.15, 0.2) is 42.5 Å². The summed E-state index contributed by atoms with van der Waals surface area (Å²) in [6.07, 6.45) is 0.840. The number of nitro benzene ring substituents is 1. The van der Waals surface area contributed by atoms with Crippen LogP contribution in [0.1, 0.15) is 29.3 Å². The van der Waals surface area contributed by atoms with E-state index in [1.54, 1.807) is 30.3 Å². The Balaban J connectivity index is 2.06. The molecule has 2 aromatic rings. The monoisotopic (exact) mass is 386 g/mol. The Morgan fingerprint density at radius 2 is 1.86 bits per heavy atom. The maximum atomic E-state index is 12.2. The van der Waals surface area contributed by atoms with Crippen LogP contribution in [0.3, 0.4) is 0 Å². The third-order valence-electron chi connectivity index (χ3n) is 3.93. The molecular formula is C20H22N2O6. The lowest BCUT2D eigenvalue weighted by Gasteiger charge is -2.09. The normalized spacial score (nSPS) is 10.2. The van der Waals surface area contributed by atoms with Gasteiger partial charge in [0.25, 0.3) is 0 Å². The van der Waals surface area contributed by atoms with Gasteiger partial charge in [-0.1, -0.05) is 13.0 Å². The van der Waals surface area contributed by atoms with Gasteiger partial charge in [-0.25, -0.2) is 0 Å². The number of benzene rings is 2. The smallest absolute Gasteiger partial charge is 0.311 e. The molecule has 2 aromatic carbocycles. The number of ether oxygens (including phenoxy) is 2. The van der Waals surface area contributed by atoms with Crippen LogP contribution in [0.4, 0.5) is 5.69 Å². The van der Waals surface area contributed by atoms with Crippen molar-refractivity contribution >= 4 is 17.4 Å². The van der Waals surface area contributed by atoms with Gasteiger partial charge >= 0.3 is 5.69 Å². The molecule has 1 amide bonds. The van der Waals surface area contributed by atoms with E-state index in [4.69, 9.17) is 9.47 Å². The zero-order valence-electron chi connectivity index (χ0n) is 15.8. The van der Waals surface area contributed by atoms with Crippen LogP contribution >= 0.6 is 0 Å². The van der Waals surface area contributed by atoms with Gasteiger partial charge in [0.1, 0.15) is 5.75 Å². The van der Waals surface area contributed by atoms with Gasteiger partial charge in [0.2, 0.25) is 5.91 Å². The predicted molar refractivity (Wildman–Crippen MR) is 103 cm³/mol. The molecule has 0 atom stereocenters. The Hall–Kier alpha value is -3.42. The number of nitrogens with one attached hydrogen (secondary N) is 1. The summed E-state index contributed by atoms with van der Waals surface area (Å²) in [5.74, 6) is 0.0655. The van der Waals surface area contributed by atoms with Crippen molar-refractivity contribution < 1.29 is 24.0 Å². The number of hydrogen-bond donors (Lipinski definition) is 1. The number of amides is 1. The minimum atomic E-state index is -0.597. The summed E-state index contributed by atoms with van der Waals surface area (Å²) >= 11 is 0. The Morgan fingerprint density at radius 3 is 2.46 bits per heavy atom. The van der Waals surface area contributed by atoms with E-state index < -0.39 is 4.92 Å². The second-order valence-corrected chi connectivity index (χ2v) is 6.03. The zero-order valence-corrected chi connectivity index (χ0v) is 15.8. The Labute approximate surface area is 162 Å². The van der Waals surface area contributed by atoms with Gasteiger partial charge < -0.3 is 14.8 Å². The van der Waals surface area contributed by atoms with Gasteiger partial charge in [0.05, 0.1) is 18.5 Å². The van der Waals surface area contributed by atoms with Gasteiger partial charge in [-0.2, -0.15) is 0 Å². The summed E-state index contributed by atoms with van der Waals surface area (Å²) in [4.78, 5) is 34.8. The Kier molecular flexibility index (Phi) is 7.50. The van der Waals surface area contributed by atoms with Gasteiger partial charge in [-0.05, 0) is 42.3 Å². The molecule has 0 heterocycles. The zero-order chi connectivity index (χ0) is 20.5. The summed E-state index contributed by atoms with van der Waals surface area (Å²) in [6, 6.07) is 10.8. The topological polar surface area (TPSA) is 108 Å². The maximum absolute atomic E-state index is 12.2. The Morgan fingerprint density at radius 1 is 1.14 bits per heavy atom. The van der Waals surface area contributed by atoms with Crippen LogP contribution in [0.2, 0.25) is 0 Å². The van der Waals surface area contributed by atoms with Gasteiger partial charge in [0.15, 0.2) is 18.1 Å². The molecular weight excluding hydrogens is 364 g/mol. The maximum Gasteiger partial charge on any atom is 0.311 e. The quantitative estimate of drug-likeness (QED) is 0.382. The molecule has 0 aromatic heterocycles. The van der Waals surface area contributed by atoms with Gasteiger partial charge in [-0.3, -0.25) is 19.7 Å². The molecule has 0 saturated carbocycles. The minimum Gasteiger partial charge on any atom is -0.497 e. The largest absolute Gasteiger partial charge is 0.497 e. The predicted octanol–water partition coefficient (Wildman–Crippen LogP) is 2.93. The summed E-state index contributed by atoms with van der Waals surface area (Å²) < 4.78 is 10.4. The van der Waals surface area contributed by atoms with Crippen molar-refractivity contribution in [3.63, 3.8) is 0 Å². The van der Waals surface area contributed by atoms with Crippen LogP contribution < -0.4 is 14.8 Å². The fraction of sp³-hybridized carbons (Fsp3) is 0.300. The lowest BCUT2D eigenvalue weighted by molar-refractivity contribution is -0.385. The van der Waals surface area contributed by atoms with Crippen LogP contribution in [0.25, 0.3) is 0 Å². The van der Waals surface area contributed by atoms with E-state index >= 15 is 0 Å². The number of nitro groups is 1. The van der Waals surface area contributed by atoms with Crippen LogP contribution in [-0.4, -0.2) is 36.9 Å². The van der Waals surface area contributed by atoms with Crippen molar-refractivity contribution in [1.82, 2.24) is 5.32 Å². The molecule has 148 valence electrons. The number of rotatable bonds is 10. The molecule has 0 saturated heterocycles. The molecule has 8 heteroatoms. The van der Waals surface area contributed by atoms with Crippen molar-refractivity contribution in [2.75, 3.05) is 20.3 Å². The third-order valence-corrected chi connectivity index (χ3v) is 3.93. The van der Waals surface area contributed by atoms with E-state index in [-0.39, 0.29) is 36.2 Å². The second kappa shape index (κ2) is 10.1. The van der Waals surface area contributed by atoms with Crippen molar-refractivity contribution in [2.24, 2.45) is 0 Å². The molecule has 1 N–H and O–H groups in total. The van der Waals surface area contributed by atoms with E-state index in [9.17, 15) is 19.7 Å². The third kappa shape index (κ3) is 5.80. The molecule has 0 aliphatic heterocycles. The number of ketones is 1. The number of carbonyl (C=O) groups excluding carboxylic acids is 2. The van der Waals surface area contributed by atoms with E-state index in [0.717, 1.165) is 6.42 Å². The molecule has 0 unspecified atom stereocenters. The summed E-state index contributed by atoms with van der Waals surface area (Å²) in [5.41, 5.74) is 0.616. The summed E-state index contributed by atoms with van der Waals surface area (Å²) in [5, 5.41) is 14.1. The highest BCUT2D eigenvalue weighted by Crippen LogP contribution is 2.28. The molecule has 28 heavy (non-hydrogen) atoms. The van der Waals surface area contributed by atoms with Crippen LogP contribution in [0.5, 0.6) is 11.5 Å². The molecule has 0 fully saturated rings. The first kappa shape index (κ1) is 20.9. The van der Waals surface area contributed by atoms with E-state index in [0.29, 0.717) is 23.4 Å². The first-order chi connectivity index (χ1) is 13.4. The van der Waals surface area contributed by atoms with Gasteiger partial charge in [0, 0.05) is 18.2 Å². The molecule has 2 rings (SSSR count). The minimum absolute atomic E-state index is 0.0235. The van der Waals surface area contributed by atoms with Crippen molar-refractivity contribution in [3.05, 3.63) is 63.7 Å². The fourth-order valence-electron chi connectivity index (χ4n) is 2.45. The SMILES string of the molecule is CCCNC(=O)Cc1ccc(OCC(=O)c2ccc(OC)cc2)c([N+](=O)[O-])c1. The lowest BCUT2D eigenvalue weighted by atomic mass is 10.1. The van der Waals surface area contributed by atoms with Crippen molar-refractivity contribution in [1.29, 1.82) is 0 Å². The molecule has 0 spiro atoms. The molecule has 0 bridgehead atoms.